The predicted molar refractivity (Wildman–Crippen MR) is 124 cm³/mol. The molecule has 0 fully saturated rings. The average Bonchev–Trinajstić information content (AvgIpc) is 2.84. The summed E-state index contributed by atoms with van der Waals surface area (Å²) in [6.07, 6.45) is -0.310. The number of esters is 2. The summed E-state index contributed by atoms with van der Waals surface area (Å²) >= 11 is 0. The van der Waals surface area contributed by atoms with Crippen LogP contribution in [0.15, 0.2) is 48.5 Å². The van der Waals surface area contributed by atoms with E-state index in [2.05, 4.69) is 11.7 Å². The molecule has 1 N–H and O–H groups in total. The molecule has 10 heteroatoms. The minimum Gasteiger partial charge on any atom is -0.494 e. The molecule has 0 bridgehead atoms. The highest BCUT2D eigenvalue weighted by Crippen LogP contribution is 2.25. The zero-order chi connectivity index (χ0) is 26.6. The van der Waals surface area contributed by atoms with Gasteiger partial charge in [-0.2, -0.15) is 13.2 Å². The molecule has 0 heterocycles. The fraction of sp³-hybridized carbons (Fsp3) is 0.423. The van der Waals surface area contributed by atoms with Crippen molar-refractivity contribution in [1.29, 1.82) is 0 Å². The number of unbranched alkanes of at least 4 members (excludes halogenated alkanes) is 6. The molecule has 1 atom stereocenters. The van der Waals surface area contributed by atoms with Crippen molar-refractivity contribution in [3.05, 3.63) is 59.7 Å². The number of carboxylic acids is 1. The van der Waals surface area contributed by atoms with Gasteiger partial charge in [-0.05, 0) is 55.0 Å². The van der Waals surface area contributed by atoms with Crippen LogP contribution in [0.1, 0.15) is 72.6 Å². The molecular weight excluding hydrogens is 481 g/mol. The Balaban J connectivity index is 1.82. The number of hydrogen-bond donors (Lipinski definition) is 1. The summed E-state index contributed by atoms with van der Waals surface area (Å²) in [5.41, 5.74) is -0.0935. The van der Waals surface area contributed by atoms with Crippen LogP contribution in [0, 0.1) is 0 Å². The van der Waals surface area contributed by atoms with Crippen molar-refractivity contribution in [3.63, 3.8) is 0 Å². The summed E-state index contributed by atoms with van der Waals surface area (Å²) in [5, 5.41) is 8.61. The number of carbonyl (C=O) groups is 3. The summed E-state index contributed by atoms with van der Waals surface area (Å²) < 4.78 is 52.9. The average molecular weight is 511 g/mol. The second kappa shape index (κ2) is 14.1. The quantitative estimate of drug-likeness (QED) is 0.183. The van der Waals surface area contributed by atoms with Crippen LogP contribution in [-0.2, 0) is 9.53 Å². The van der Waals surface area contributed by atoms with Gasteiger partial charge in [-0.25, -0.2) is 14.4 Å². The predicted octanol–water partition coefficient (Wildman–Crippen LogP) is 6.21. The van der Waals surface area contributed by atoms with E-state index in [0.29, 0.717) is 12.4 Å². The van der Waals surface area contributed by atoms with Crippen LogP contribution in [0.3, 0.4) is 0 Å². The van der Waals surface area contributed by atoms with Gasteiger partial charge in [-0.3, -0.25) is 0 Å². The minimum absolute atomic E-state index is 0.0291. The Bertz CT molecular complexity index is 986. The highest BCUT2D eigenvalue weighted by molar-refractivity contribution is 5.93. The normalized spacial score (nSPS) is 12.0. The van der Waals surface area contributed by atoms with Gasteiger partial charge in [0.1, 0.15) is 11.5 Å². The minimum atomic E-state index is -5.26. The van der Waals surface area contributed by atoms with Crippen LogP contribution >= 0.6 is 0 Å². The standard InChI is InChI=1S/C26H29F3O7/c1-2-3-4-5-6-7-8-17-34-20-13-9-18(10-14-20)24(32)35-21-15-11-19(12-16-21)25(33)36-22(23(30)31)26(27,28)29/h9-16,22H,2-8,17H2,1H3,(H,30,31). The summed E-state index contributed by atoms with van der Waals surface area (Å²) in [4.78, 5) is 34.9. The third kappa shape index (κ3) is 9.59. The molecule has 0 aliphatic heterocycles. The lowest BCUT2D eigenvalue weighted by Gasteiger charge is -2.16. The Morgan fingerprint density at radius 2 is 1.28 bits per heavy atom. The lowest BCUT2D eigenvalue weighted by atomic mass is 10.1. The molecule has 196 valence electrons. The number of halogens is 3. The number of hydrogen-bond acceptors (Lipinski definition) is 6. The van der Waals surface area contributed by atoms with Crippen molar-refractivity contribution in [2.24, 2.45) is 0 Å². The molecule has 0 saturated heterocycles. The molecule has 0 aliphatic carbocycles. The monoisotopic (exact) mass is 510 g/mol. The fourth-order valence-electron chi connectivity index (χ4n) is 3.19. The number of carboxylic acid groups (broad SMARTS) is 1. The van der Waals surface area contributed by atoms with Crippen molar-refractivity contribution < 1.29 is 46.9 Å². The number of rotatable bonds is 14. The number of benzene rings is 2. The van der Waals surface area contributed by atoms with E-state index in [1.54, 1.807) is 12.1 Å². The van der Waals surface area contributed by atoms with Crippen LogP contribution in [0.2, 0.25) is 0 Å². The molecule has 7 nitrogen and oxygen atoms in total. The van der Waals surface area contributed by atoms with E-state index >= 15 is 0 Å². The van der Waals surface area contributed by atoms with Crippen molar-refractivity contribution in [2.75, 3.05) is 6.61 Å². The van der Waals surface area contributed by atoms with Crippen LogP contribution < -0.4 is 9.47 Å². The Kier molecular flexibility index (Phi) is 11.2. The molecule has 0 aromatic heterocycles. The molecule has 2 aromatic rings. The highest BCUT2D eigenvalue weighted by atomic mass is 19.4. The van der Waals surface area contributed by atoms with Gasteiger partial charge in [0.05, 0.1) is 17.7 Å². The Labute approximate surface area is 207 Å². The molecular formula is C26H29F3O7. The smallest absolute Gasteiger partial charge is 0.436 e. The van der Waals surface area contributed by atoms with Crippen LogP contribution in [-0.4, -0.2) is 41.9 Å². The van der Waals surface area contributed by atoms with E-state index in [1.165, 1.54) is 56.4 Å². The largest absolute Gasteiger partial charge is 0.494 e. The summed E-state index contributed by atoms with van der Waals surface area (Å²) in [7, 11) is 0. The Morgan fingerprint density at radius 1 is 0.778 bits per heavy atom. The molecule has 2 rings (SSSR count). The first kappa shape index (κ1) is 28.7. The van der Waals surface area contributed by atoms with E-state index < -0.39 is 30.2 Å². The van der Waals surface area contributed by atoms with E-state index in [9.17, 15) is 27.6 Å². The zero-order valence-corrected chi connectivity index (χ0v) is 19.9. The third-order valence-electron chi connectivity index (χ3n) is 5.15. The van der Waals surface area contributed by atoms with E-state index in [-0.39, 0.29) is 16.9 Å². The second-order valence-corrected chi connectivity index (χ2v) is 8.07. The van der Waals surface area contributed by atoms with Gasteiger partial charge in [0.25, 0.3) is 6.10 Å². The van der Waals surface area contributed by atoms with Crippen LogP contribution in [0.5, 0.6) is 11.5 Å². The van der Waals surface area contributed by atoms with Crippen molar-refractivity contribution >= 4 is 17.9 Å². The number of ether oxygens (including phenoxy) is 3. The van der Waals surface area contributed by atoms with E-state index in [4.69, 9.17) is 14.6 Å². The summed E-state index contributed by atoms with van der Waals surface area (Å²) in [6, 6.07) is 10.8. The van der Waals surface area contributed by atoms with Gasteiger partial charge in [0.15, 0.2) is 0 Å². The Morgan fingerprint density at radius 3 is 1.81 bits per heavy atom. The maximum atomic E-state index is 12.7. The fourth-order valence-corrected chi connectivity index (χ4v) is 3.19. The lowest BCUT2D eigenvalue weighted by molar-refractivity contribution is -0.214. The van der Waals surface area contributed by atoms with E-state index in [0.717, 1.165) is 25.0 Å². The zero-order valence-electron chi connectivity index (χ0n) is 19.9. The maximum absolute atomic E-state index is 12.7. The van der Waals surface area contributed by atoms with Gasteiger partial charge < -0.3 is 19.3 Å². The van der Waals surface area contributed by atoms with Gasteiger partial charge in [-0.15, -0.1) is 0 Å². The van der Waals surface area contributed by atoms with Gasteiger partial charge >= 0.3 is 24.1 Å². The number of aliphatic carboxylic acids is 1. The highest BCUT2D eigenvalue weighted by Gasteiger charge is 2.48. The summed E-state index contributed by atoms with van der Waals surface area (Å²) in [6.45, 7) is 2.77. The van der Waals surface area contributed by atoms with Gasteiger partial charge in [0.2, 0.25) is 0 Å². The summed E-state index contributed by atoms with van der Waals surface area (Å²) in [5.74, 6) is -3.85. The van der Waals surface area contributed by atoms with Gasteiger partial charge in [0, 0.05) is 0 Å². The molecule has 36 heavy (non-hydrogen) atoms. The molecule has 2 aromatic carbocycles. The van der Waals surface area contributed by atoms with Crippen LogP contribution in [0.4, 0.5) is 13.2 Å². The van der Waals surface area contributed by atoms with Crippen molar-refractivity contribution in [2.45, 2.75) is 64.1 Å². The number of carbonyl (C=O) groups excluding carboxylic acids is 2. The lowest BCUT2D eigenvalue weighted by Crippen LogP contribution is -2.40. The van der Waals surface area contributed by atoms with Crippen LogP contribution in [0.25, 0.3) is 0 Å². The molecule has 1 unspecified atom stereocenters. The van der Waals surface area contributed by atoms with Crippen molar-refractivity contribution in [1.82, 2.24) is 0 Å². The first-order valence-electron chi connectivity index (χ1n) is 11.7. The topological polar surface area (TPSA) is 99.1 Å². The molecule has 0 amide bonds. The SMILES string of the molecule is CCCCCCCCCOc1ccc(C(=O)Oc2ccc(C(=O)OC(C(=O)O)C(F)(F)F)cc2)cc1. The Hall–Kier alpha value is -3.56. The molecule has 0 spiro atoms. The first-order valence-corrected chi connectivity index (χ1v) is 11.7. The molecule has 0 radical (unpaired) electrons. The molecule has 0 aliphatic rings. The van der Waals surface area contributed by atoms with Crippen molar-refractivity contribution in [3.8, 4) is 11.5 Å². The first-order chi connectivity index (χ1) is 17.1. The van der Waals surface area contributed by atoms with Gasteiger partial charge in [-0.1, -0.05) is 45.4 Å². The number of alkyl halides is 3. The van der Waals surface area contributed by atoms with E-state index in [1.807, 2.05) is 0 Å². The maximum Gasteiger partial charge on any atom is 0.436 e. The molecule has 0 saturated carbocycles. The second-order valence-electron chi connectivity index (χ2n) is 8.07. The third-order valence-corrected chi connectivity index (χ3v) is 5.15.